The van der Waals surface area contributed by atoms with Crippen LogP contribution >= 0.6 is 11.3 Å². The number of furan rings is 2. The molecule has 10 aromatic rings. The van der Waals surface area contributed by atoms with Crippen molar-refractivity contribution in [2.24, 2.45) is 0 Å². The van der Waals surface area contributed by atoms with E-state index >= 15 is 0 Å². The molecule has 0 bridgehead atoms. The van der Waals surface area contributed by atoms with E-state index in [2.05, 4.69) is 120 Å². The number of nitrogens with zero attached hydrogens (tertiary/aromatic N) is 1. The minimum Gasteiger partial charge on any atom is -0.456 e. The summed E-state index contributed by atoms with van der Waals surface area (Å²) in [6.45, 7) is 0. The van der Waals surface area contributed by atoms with Crippen LogP contribution in [0, 0.1) is 0 Å². The van der Waals surface area contributed by atoms with Crippen molar-refractivity contribution in [1.82, 2.24) is 0 Å². The highest BCUT2D eigenvalue weighted by molar-refractivity contribution is 7.26. The number of rotatable bonds is 3. The Bertz CT molecular complexity index is 2750. The zero-order chi connectivity index (χ0) is 28.8. The second-order valence-corrected chi connectivity index (χ2v) is 12.4. The van der Waals surface area contributed by atoms with Crippen LogP contribution in [0.25, 0.3) is 74.8 Å². The Morgan fingerprint density at radius 1 is 0.409 bits per heavy atom. The van der Waals surface area contributed by atoms with E-state index < -0.39 is 0 Å². The van der Waals surface area contributed by atoms with E-state index in [9.17, 15) is 0 Å². The van der Waals surface area contributed by atoms with E-state index in [0.29, 0.717) is 0 Å². The molecule has 0 radical (unpaired) electrons. The average molecular weight is 582 g/mol. The van der Waals surface area contributed by atoms with Crippen LogP contribution < -0.4 is 4.90 Å². The number of thiophene rings is 1. The van der Waals surface area contributed by atoms with Gasteiger partial charge in [-0.15, -0.1) is 11.3 Å². The smallest absolute Gasteiger partial charge is 0.137 e. The van der Waals surface area contributed by atoms with Crippen molar-refractivity contribution >= 4 is 103 Å². The maximum Gasteiger partial charge on any atom is 0.137 e. The van der Waals surface area contributed by atoms with Crippen molar-refractivity contribution < 1.29 is 8.83 Å². The predicted octanol–water partition coefficient (Wildman–Crippen LogP) is 12.5. The van der Waals surface area contributed by atoms with Crippen LogP contribution in [-0.2, 0) is 0 Å². The lowest BCUT2D eigenvalue weighted by Crippen LogP contribution is -2.10. The Balaban J connectivity index is 1.34. The molecule has 3 nitrogen and oxygen atoms in total. The largest absolute Gasteiger partial charge is 0.456 e. The van der Waals surface area contributed by atoms with Crippen LogP contribution in [0.15, 0.2) is 148 Å². The molecular weight excluding hydrogens is 559 g/mol. The first kappa shape index (κ1) is 23.9. The summed E-state index contributed by atoms with van der Waals surface area (Å²) >= 11 is 1.85. The van der Waals surface area contributed by atoms with Crippen LogP contribution in [0.1, 0.15) is 0 Å². The van der Waals surface area contributed by atoms with Crippen molar-refractivity contribution in [2.75, 3.05) is 4.90 Å². The fraction of sp³-hybridized carbons (Fsp3) is 0. The summed E-state index contributed by atoms with van der Waals surface area (Å²) in [5, 5.41) is 9.42. The third-order valence-electron chi connectivity index (χ3n) is 8.83. The average Bonchev–Trinajstić information content (AvgIpc) is 3.75. The van der Waals surface area contributed by atoms with Crippen molar-refractivity contribution in [1.29, 1.82) is 0 Å². The van der Waals surface area contributed by atoms with E-state index in [1.54, 1.807) is 0 Å². The molecule has 44 heavy (non-hydrogen) atoms. The Labute approximate surface area is 255 Å². The molecule has 0 aliphatic heterocycles. The monoisotopic (exact) mass is 581 g/mol. The van der Waals surface area contributed by atoms with E-state index in [-0.39, 0.29) is 0 Å². The number of fused-ring (bicyclic) bond motifs is 10. The van der Waals surface area contributed by atoms with Gasteiger partial charge in [-0.3, -0.25) is 0 Å². The normalized spacial score (nSPS) is 12.1. The lowest BCUT2D eigenvalue weighted by Gasteiger charge is -2.27. The first-order chi connectivity index (χ1) is 21.8. The minimum atomic E-state index is 0.872. The van der Waals surface area contributed by atoms with E-state index in [0.717, 1.165) is 55.3 Å². The van der Waals surface area contributed by atoms with Gasteiger partial charge in [0, 0.05) is 59.8 Å². The second kappa shape index (κ2) is 8.96. The number of hydrogen-bond donors (Lipinski definition) is 0. The van der Waals surface area contributed by atoms with Crippen LogP contribution in [0.5, 0.6) is 0 Å². The van der Waals surface area contributed by atoms with Gasteiger partial charge in [0.2, 0.25) is 0 Å². The van der Waals surface area contributed by atoms with Gasteiger partial charge in [0.1, 0.15) is 22.3 Å². The Hall–Kier alpha value is -5.58. The molecule has 3 aromatic heterocycles. The summed E-state index contributed by atoms with van der Waals surface area (Å²) < 4.78 is 15.2. The molecule has 7 aromatic carbocycles. The molecule has 0 spiro atoms. The Kier molecular flexibility index (Phi) is 4.87. The molecule has 0 saturated carbocycles. The predicted molar refractivity (Wildman–Crippen MR) is 186 cm³/mol. The minimum absolute atomic E-state index is 0.872. The van der Waals surface area contributed by atoms with Crippen molar-refractivity contribution in [3.63, 3.8) is 0 Å². The molecule has 0 unspecified atom stereocenters. The molecule has 4 heteroatoms. The van der Waals surface area contributed by atoms with Crippen LogP contribution in [0.4, 0.5) is 17.1 Å². The van der Waals surface area contributed by atoms with Gasteiger partial charge in [0.25, 0.3) is 0 Å². The van der Waals surface area contributed by atoms with Gasteiger partial charge in [-0.2, -0.15) is 0 Å². The number of benzene rings is 7. The highest BCUT2D eigenvalue weighted by Crippen LogP contribution is 2.50. The van der Waals surface area contributed by atoms with Gasteiger partial charge in [-0.1, -0.05) is 78.9 Å². The Morgan fingerprint density at radius 3 is 1.84 bits per heavy atom. The molecule has 3 heterocycles. The van der Waals surface area contributed by atoms with Crippen LogP contribution in [-0.4, -0.2) is 0 Å². The van der Waals surface area contributed by atoms with Gasteiger partial charge in [-0.25, -0.2) is 0 Å². The molecule has 0 atom stereocenters. The molecule has 0 amide bonds. The molecular formula is C40H23NO2S. The summed E-state index contributed by atoms with van der Waals surface area (Å²) in [5.41, 5.74) is 6.82. The fourth-order valence-corrected chi connectivity index (χ4v) is 8.07. The fourth-order valence-electron chi connectivity index (χ4n) is 6.84. The second-order valence-electron chi connectivity index (χ2n) is 11.3. The summed E-state index contributed by atoms with van der Waals surface area (Å²) in [7, 11) is 0. The van der Waals surface area contributed by atoms with E-state index in [1.807, 2.05) is 35.6 Å². The lowest BCUT2D eigenvalue weighted by molar-refractivity contribution is 0.668. The van der Waals surface area contributed by atoms with Gasteiger partial charge < -0.3 is 13.7 Å². The highest BCUT2D eigenvalue weighted by atomic mass is 32.1. The zero-order valence-corrected chi connectivity index (χ0v) is 24.3. The van der Waals surface area contributed by atoms with Crippen LogP contribution in [0.2, 0.25) is 0 Å². The maximum atomic E-state index is 6.41. The maximum absolute atomic E-state index is 6.41. The topological polar surface area (TPSA) is 29.5 Å². The third-order valence-corrected chi connectivity index (χ3v) is 10.0. The first-order valence-corrected chi connectivity index (χ1v) is 15.6. The molecule has 10 rings (SSSR count). The van der Waals surface area contributed by atoms with Gasteiger partial charge in [-0.05, 0) is 60.0 Å². The van der Waals surface area contributed by atoms with Crippen molar-refractivity contribution in [2.45, 2.75) is 0 Å². The summed E-state index contributed by atoms with van der Waals surface area (Å²) in [6, 6.07) is 49.5. The highest BCUT2D eigenvalue weighted by Gasteiger charge is 2.23. The lowest BCUT2D eigenvalue weighted by atomic mass is 10.0. The molecule has 0 N–H and O–H groups in total. The SMILES string of the molecule is c1ccc2c(N(c3ccc4c(c3)oc3ccccc34)c3ccc4oc5ccccc5c4c3)c3sc4ccccc4c3cc2c1. The summed E-state index contributed by atoms with van der Waals surface area (Å²) in [6.07, 6.45) is 0. The quantitative estimate of drug-likeness (QED) is 0.208. The third kappa shape index (κ3) is 3.37. The van der Waals surface area contributed by atoms with Crippen molar-refractivity contribution in [3.05, 3.63) is 140 Å². The number of para-hydroxylation sites is 2. The molecule has 0 aliphatic carbocycles. The summed E-state index contributed by atoms with van der Waals surface area (Å²) in [5.74, 6) is 0. The van der Waals surface area contributed by atoms with Crippen LogP contribution in [0.3, 0.4) is 0 Å². The van der Waals surface area contributed by atoms with Gasteiger partial charge in [0.15, 0.2) is 0 Å². The standard InChI is InChI=1S/C40H23NO2S/c1-2-10-27-24(9-1)21-33-31-13-5-8-16-38(31)44-40(33)39(27)41(25-18-20-36-32(22-25)29-12-4-7-15-35(29)42-36)26-17-19-30-28-11-3-6-14-34(28)43-37(30)23-26/h1-23H. The first-order valence-electron chi connectivity index (χ1n) is 14.8. The zero-order valence-electron chi connectivity index (χ0n) is 23.5. The number of anilines is 3. The molecule has 0 fully saturated rings. The van der Waals surface area contributed by atoms with Gasteiger partial charge >= 0.3 is 0 Å². The number of hydrogen-bond acceptors (Lipinski definition) is 4. The van der Waals surface area contributed by atoms with E-state index in [4.69, 9.17) is 8.83 Å². The molecule has 206 valence electrons. The summed E-state index contributed by atoms with van der Waals surface area (Å²) in [4.78, 5) is 2.41. The molecule has 0 aliphatic rings. The Morgan fingerprint density at radius 2 is 1.00 bits per heavy atom. The van der Waals surface area contributed by atoms with Crippen molar-refractivity contribution in [3.8, 4) is 0 Å². The van der Waals surface area contributed by atoms with Gasteiger partial charge in [0.05, 0.1) is 10.4 Å². The van der Waals surface area contributed by atoms with E-state index in [1.165, 1.54) is 36.6 Å². The molecule has 0 saturated heterocycles.